The van der Waals surface area contributed by atoms with E-state index in [4.69, 9.17) is 0 Å². The third kappa shape index (κ3) is 2.77. The summed E-state index contributed by atoms with van der Waals surface area (Å²) >= 11 is 0. The highest BCUT2D eigenvalue weighted by atomic mass is 16.3. The van der Waals surface area contributed by atoms with E-state index in [0.717, 1.165) is 23.0 Å². The van der Waals surface area contributed by atoms with Crippen LogP contribution in [0.4, 0.5) is 0 Å². The molecular formula is C20H21N5O3. The van der Waals surface area contributed by atoms with E-state index in [2.05, 4.69) is 10.2 Å². The average Bonchev–Trinajstić information content (AvgIpc) is 3.01. The Morgan fingerprint density at radius 2 is 1.89 bits per heavy atom. The van der Waals surface area contributed by atoms with Crippen LogP contribution in [0.2, 0.25) is 0 Å². The minimum atomic E-state index is -0.671. The van der Waals surface area contributed by atoms with Crippen LogP contribution in [0.5, 0.6) is 5.75 Å². The van der Waals surface area contributed by atoms with Crippen molar-refractivity contribution in [2.24, 2.45) is 0 Å². The molecular weight excluding hydrogens is 358 g/mol. The predicted molar refractivity (Wildman–Crippen MR) is 102 cm³/mol. The van der Waals surface area contributed by atoms with Gasteiger partial charge >= 0.3 is 0 Å². The number of hydrogen-bond acceptors (Lipinski definition) is 5. The molecule has 3 aromatic rings. The first-order valence-corrected chi connectivity index (χ1v) is 9.02. The molecule has 2 unspecified atom stereocenters. The van der Waals surface area contributed by atoms with Gasteiger partial charge in [0.15, 0.2) is 11.4 Å². The fourth-order valence-corrected chi connectivity index (χ4v) is 3.68. The first kappa shape index (κ1) is 18.0. The first-order chi connectivity index (χ1) is 13.4. The summed E-state index contributed by atoms with van der Waals surface area (Å²) < 4.78 is 3.33. The van der Waals surface area contributed by atoms with E-state index in [-0.39, 0.29) is 17.8 Å². The number of aromatic hydroxyl groups is 1. The zero-order chi connectivity index (χ0) is 20.0. The Bertz CT molecular complexity index is 1080. The van der Waals surface area contributed by atoms with Gasteiger partial charge in [0.2, 0.25) is 5.43 Å². The quantitative estimate of drug-likeness (QED) is 0.747. The number of likely N-dealkylation sites (N-methyl/N-ethyl adjacent to an activating group) is 1. The number of carbonyl (C=O) groups excluding carboxylic acids is 1. The van der Waals surface area contributed by atoms with E-state index in [9.17, 15) is 14.7 Å². The summed E-state index contributed by atoms with van der Waals surface area (Å²) in [4.78, 5) is 26.0. The van der Waals surface area contributed by atoms with Crippen molar-refractivity contribution >= 4 is 5.91 Å². The van der Waals surface area contributed by atoms with Crippen molar-refractivity contribution in [1.29, 1.82) is 0 Å². The summed E-state index contributed by atoms with van der Waals surface area (Å²) in [5.41, 5.74) is 2.20. The molecule has 0 aliphatic carbocycles. The maximum absolute atomic E-state index is 12.6. The molecule has 2 aromatic heterocycles. The molecule has 1 N–H and O–H groups in total. The lowest BCUT2D eigenvalue weighted by Crippen LogP contribution is -2.46. The predicted octanol–water partition coefficient (Wildman–Crippen LogP) is 1.68. The fraction of sp³-hybridized carbons (Fsp3) is 0.300. The monoisotopic (exact) mass is 379 g/mol. The van der Waals surface area contributed by atoms with Crippen molar-refractivity contribution in [1.82, 2.24) is 24.5 Å². The van der Waals surface area contributed by atoms with E-state index < -0.39 is 17.1 Å². The number of rotatable bonds is 3. The molecule has 1 aromatic carbocycles. The van der Waals surface area contributed by atoms with Gasteiger partial charge in [-0.25, -0.2) is 4.68 Å². The number of benzene rings is 1. The van der Waals surface area contributed by atoms with Crippen LogP contribution in [0.1, 0.15) is 39.4 Å². The normalized spacial score (nSPS) is 17.5. The van der Waals surface area contributed by atoms with Crippen molar-refractivity contribution in [3.63, 3.8) is 0 Å². The van der Waals surface area contributed by atoms with Gasteiger partial charge in [-0.05, 0) is 25.0 Å². The number of fused-ring (bicyclic) bond motifs is 1. The highest BCUT2D eigenvalue weighted by molar-refractivity contribution is 5.95. The molecule has 28 heavy (non-hydrogen) atoms. The van der Waals surface area contributed by atoms with E-state index in [1.54, 1.807) is 7.05 Å². The van der Waals surface area contributed by atoms with Gasteiger partial charge < -0.3 is 10.0 Å². The lowest BCUT2D eigenvalue weighted by Gasteiger charge is -2.37. The Kier molecular flexibility index (Phi) is 4.26. The van der Waals surface area contributed by atoms with Gasteiger partial charge in [-0.15, -0.1) is 0 Å². The van der Waals surface area contributed by atoms with E-state index in [0.29, 0.717) is 6.54 Å². The molecule has 0 spiro atoms. The molecule has 0 saturated heterocycles. The highest BCUT2D eigenvalue weighted by Crippen LogP contribution is 2.35. The average molecular weight is 379 g/mol. The van der Waals surface area contributed by atoms with Crippen molar-refractivity contribution in [3.8, 4) is 5.75 Å². The summed E-state index contributed by atoms with van der Waals surface area (Å²) in [7, 11) is 1.65. The van der Waals surface area contributed by atoms with Gasteiger partial charge in [0.25, 0.3) is 5.91 Å². The second-order valence-corrected chi connectivity index (χ2v) is 7.14. The molecule has 144 valence electrons. The van der Waals surface area contributed by atoms with Gasteiger partial charge in [-0.2, -0.15) is 10.2 Å². The Labute approximate surface area is 161 Å². The summed E-state index contributed by atoms with van der Waals surface area (Å²) in [6.45, 7) is 4.30. The number of amides is 1. The van der Waals surface area contributed by atoms with Crippen LogP contribution in [0, 0.1) is 13.8 Å². The van der Waals surface area contributed by atoms with Crippen molar-refractivity contribution in [2.45, 2.75) is 25.9 Å². The van der Waals surface area contributed by atoms with Crippen LogP contribution in [-0.2, 0) is 0 Å². The number of hydrogen-bond donors (Lipinski definition) is 1. The molecule has 8 heteroatoms. The van der Waals surface area contributed by atoms with Crippen LogP contribution in [0.25, 0.3) is 0 Å². The van der Waals surface area contributed by atoms with Crippen LogP contribution < -0.4 is 5.43 Å². The summed E-state index contributed by atoms with van der Waals surface area (Å²) in [6, 6.07) is 9.18. The lowest BCUT2D eigenvalue weighted by molar-refractivity contribution is 0.0667. The Balaban J connectivity index is 1.95. The number of carbonyl (C=O) groups is 1. The molecule has 0 saturated carbocycles. The Morgan fingerprint density at radius 1 is 1.18 bits per heavy atom. The fourth-order valence-electron chi connectivity index (χ4n) is 3.68. The van der Waals surface area contributed by atoms with Crippen molar-refractivity contribution in [2.75, 3.05) is 13.6 Å². The third-order valence-electron chi connectivity index (χ3n) is 5.26. The van der Waals surface area contributed by atoms with E-state index >= 15 is 0 Å². The first-order valence-electron chi connectivity index (χ1n) is 9.02. The molecule has 0 radical (unpaired) electrons. The molecule has 4 rings (SSSR count). The SMILES string of the molecule is Cc1cn(C(c2ccccc2)C2CN(C)C(=O)c3c(O)c(=O)cnn32)nc1C. The number of nitrogens with zero attached hydrogens (tertiary/aromatic N) is 5. The van der Waals surface area contributed by atoms with Gasteiger partial charge in [-0.3, -0.25) is 14.3 Å². The van der Waals surface area contributed by atoms with E-state index in [1.165, 1.54) is 9.58 Å². The van der Waals surface area contributed by atoms with Gasteiger partial charge in [0.1, 0.15) is 6.04 Å². The topological polar surface area (TPSA) is 93.3 Å². The maximum Gasteiger partial charge on any atom is 0.275 e. The molecule has 0 bridgehead atoms. The minimum absolute atomic E-state index is 0.0900. The largest absolute Gasteiger partial charge is 0.502 e. The molecule has 1 amide bonds. The summed E-state index contributed by atoms with van der Waals surface area (Å²) in [5.74, 6) is -1.00. The zero-order valence-electron chi connectivity index (χ0n) is 15.9. The Hall–Kier alpha value is -3.42. The van der Waals surface area contributed by atoms with Crippen LogP contribution in [-0.4, -0.2) is 49.1 Å². The van der Waals surface area contributed by atoms with Crippen LogP contribution >= 0.6 is 0 Å². The second kappa shape index (κ2) is 6.63. The van der Waals surface area contributed by atoms with Crippen molar-refractivity contribution in [3.05, 3.63) is 75.5 Å². The van der Waals surface area contributed by atoms with E-state index in [1.807, 2.05) is 55.1 Å². The highest BCUT2D eigenvalue weighted by Gasteiger charge is 2.38. The smallest absolute Gasteiger partial charge is 0.275 e. The minimum Gasteiger partial charge on any atom is -0.502 e. The molecule has 3 heterocycles. The van der Waals surface area contributed by atoms with Crippen LogP contribution in [0.15, 0.2) is 47.5 Å². The molecule has 0 fully saturated rings. The Morgan fingerprint density at radius 3 is 2.54 bits per heavy atom. The number of aromatic nitrogens is 4. The van der Waals surface area contributed by atoms with Gasteiger partial charge in [0.05, 0.1) is 17.9 Å². The second-order valence-electron chi connectivity index (χ2n) is 7.14. The summed E-state index contributed by atoms with van der Waals surface area (Å²) in [5, 5.41) is 19.1. The molecule has 2 atom stereocenters. The number of aryl methyl sites for hydroxylation is 2. The molecule has 1 aliphatic heterocycles. The molecule has 1 aliphatic rings. The van der Waals surface area contributed by atoms with Gasteiger partial charge in [0, 0.05) is 19.8 Å². The van der Waals surface area contributed by atoms with Gasteiger partial charge in [-0.1, -0.05) is 30.3 Å². The van der Waals surface area contributed by atoms with Crippen molar-refractivity contribution < 1.29 is 9.90 Å². The standard InChI is InChI=1S/C20H21N5O3/c1-12-10-24(22-13(12)2)17(14-7-5-4-6-8-14)15-11-23(3)20(28)18-19(27)16(26)9-21-25(15)18/h4-10,15,17,27H,11H2,1-3H3. The summed E-state index contributed by atoms with van der Waals surface area (Å²) in [6.07, 6.45) is 3.01. The maximum atomic E-state index is 12.6. The lowest BCUT2D eigenvalue weighted by atomic mass is 9.97. The third-order valence-corrected chi connectivity index (χ3v) is 5.26. The molecule has 8 nitrogen and oxygen atoms in total. The van der Waals surface area contributed by atoms with Crippen LogP contribution in [0.3, 0.4) is 0 Å². The zero-order valence-corrected chi connectivity index (χ0v) is 15.9.